The van der Waals surface area contributed by atoms with Gasteiger partial charge in [0.2, 0.25) is 0 Å². The molecule has 3 N–H and O–H groups in total. The van der Waals surface area contributed by atoms with E-state index in [1.54, 1.807) is 0 Å². The summed E-state index contributed by atoms with van der Waals surface area (Å²) in [5, 5.41) is 24.1. The molecule has 0 amide bonds. The molecule has 0 saturated heterocycles. The molecule has 4 rings (SSSR count). The zero-order chi connectivity index (χ0) is 18.1. The zero-order valence-electron chi connectivity index (χ0n) is 13.8. The summed E-state index contributed by atoms with van der Waals surface area (Å²) in [6, 6.07) is 13.9. The van der Waals surface area contributed by atoms with E-state index in [2.05, 4.69) is 31.2 Å². The lowest BCUT2D eigenvalue weighted by atomic mass is 10.1. The van der Waals surface area contributed by atoms with Gasteiger partial charge in [-0.15, -0.1) is 0 Å². The molecule has 26 heavy (non-hydrogen) atoms. The fraction of sp³-hybridized carbons (Fsp3) is 0.158. The lowest BCUT2D eigenvalue weighted by Crippen LogP contribution is -2.19. The molecule has 4 aromatic rings. The van der Waals surface area contributed by atoms with Gasteiger partial charge in [-0.05, 0) is 36.4 Å². The average Bonchev–Trinajstić information content (AvgIpc) is 3.02. The standard InChI is InChI=1S/C19H17BrN4O2/c20-13-2-1-3-14(7-13)23-19-16-6-12-4-5-24(9-15(26)10-25)18(12)8-17(16)21-11-22-19/h1-8,11,15,25-26H,9-10H2,(H,21,22,23). The van der Waals surface area contributed by atoms with Gasteiger partial charge in [-0.3, -0.25) is 0 Å². The first-order valence-electron chi connectivity index (χ1n) is 8.19. The van der Waals surface area contributed by atoms with Crippen molar-refractivity contribution in [2.24, 2.45) is 0 Å². The van der Waals surface area contributed by atoms with Crippen LogP contribution in [-0.2, 0) is 6.54 Å². The number of hydrogen-bond donors (Lipinski definition) is 3. The fourth-order valence-corrected chi connectivity index (χ4v) is 3.39. The molecule has 1 unspecified atom stereocenters. The maximum Gasteiger partial charge on any atom is 0.141 e. The molecule has 7 heteroatoms. The van der Waals surface area contributed by atoms with E-state index in [1.165, 1.54) is 6.33 Å². The van der Waals surface area contributed by atoms with Crippen LogP contribution in [0.25, 0.3) is 21.8 Å². The second-order valence-electron chi connectivity index (χ2n) is 6.09. The molecule has 0 bridgehead atoms. The van der Waals surface area contributed by atoms with Gasteiger partial charge >= 0.3 is 0 Å². The van der Waals surface area contributed by atoms with Gasteiger partial charge in [-0.25, -0.2) is 9.97 Å². The van der Waals surface area contributed by atoms with E-state index in [-0.39, 0.29) is 6.61 Å². The Morgan fingerprint density at radius 2 is 2.04 bits per heavy atom. The van der Waals surface area contributed by atoms with Crippen molar-refractivity contribution in [1.82, 2.24) is 14.5 Å². The van der Waals surface area contributed by atoms with E-state index in [0.717, 1.165) is 37.8 Å². The van der Waals surface area contributed by atoms with Crippen LogP contribution in [0, 0.1) is 0 Å². The number of nitrogens with one attached hydrogen (secondary N) is 1. The summed E-state index contributed by atoms with van der Waals surface area (Å²) in [6.45, 7) is 0.0653. The molecular formula is C19H17BrN4O2. The van der Waals surface area contributed by atoms with Crippen molar-refractivity contribution in [2.75, 3.05) is 11.9 Å². The number of nitrogens with zero attached hydrogens (tertiary/aromatic N) is 3. The van der Waals surface area contributed by atoms with Gasteiger partial charge in [-0.1, -0.05) is 22.0 Å². The predicted molar refractivity (Wildman–Crippen MR) is 106 cm³/mol. The smallest absolute Gasteiger partial charge is 0.141 e. The van der Waals surface area contributed by atoms with E-state index >= 15 is 0 Å². The Morgan fingerprint density at radius 3 is 2.85 bits per heavy atom. The summed E-state index contributed by atoms with van der Waals surface area (Å²) in [6.07, 6.45) is 2.64. The van der Waals surface area contributed by atoms with Crippen molar-refractivity contribution in [2.45, 2.75) is 12.6 Å². The van der Waals surface area contributed by atoms with Gasteiger partial charge in [0.05, 0.1) is 30.3 Å². The van der Waals surface area contributed by atoms with E-state index in [0.29, 0.717) is 6.54 Å². The first-order valence-corrected chi connectivity index (χ1v) is 8.98. The van der Waals surface area contributed by atoms with Crippen LogP contribution in [0.15, 0.2) is 59.5 Å². The maximum absolute atomic E-state index is 9.72. The quantitative estimate of drug-likeness (QED) is 0.467. The third-order valence-electron chi connectivity index (χ3n) is 4.23. The monoisotopic (exact) mass is 412 g/mol. The summed E-state index contributed by atoms with van der Waals surface area (Å²) in [7, 11) is 0. The Morgan fingerprint density at radius 1 is 1.15 bits per heavy atom. The van der Waals surface area contributed by atoms with Crippen molar-refractivity contribution in [3.8, 4) is 0 Å². The Kier molecular flexibility index (Phi) is 4.58. The number of rotatable bonds is 5. The minimum absolute atomic E-state index is 0.268. The van der Waals surface area contributed by atoms with Gasteiger partial charge in [0, 0.05) is 27.1 Å². The molecule has 2 heterocycles. The summed E-state index contributed by atoms with van der Waals surface area (Å²) in [5.74, 6) is 0.734. The molecule has 6 nitrogen and oxygen atoms in total. The lowest BCUT2D eigenvalue weighted by Gasteiger charge is -2.11. The van der Waals surface area contributed by atoms with Crippen molar-refractivity contribution in [1.29, 1.82) is 0 Å². The van der Waals surface area contributed by atoms with Crippen LogP contribution in [0.1, 0.15) is 0 Å². The van der Waals surface area contributed by atoms with E-state index in [1.807, 2.05) is 53.2 Å². The molecule has 0 aliphatic heterocycles. The maximum atomic E-state index is 9.72. The third-order valence-corrected chi connectivity index (χ3v) is 4.73. The average molecular weight is 413 g/mol. The highest BCUT2D eigenvalue weighted by atomic mass is 79.9. The highest BCUT2D eigenvalue weighted by Gasteiger charge is 2.11. The summed E-state index contributed by atoms with van der Waals surface area (Å²) >= 11 is 3.47. The Bertz CT molecular complexity index is 1080. The first kappa shape index (κ1) is 17.0. The lowest BCUT2D eigenvalue weighted by molar-refractivity contribution is 0.0822. The van der Waals surface area contributed by atoms with E-state index < -0.39 is 6.10 Å². The molecule has 2 aromatic carbocycles. The van der Waals surface area contributed by atoms with Crippen molar-refractivity contribution in [3.05, 3.63) is 59.5 Å². The minimum Gasteiger partial charge on any atom is -0.394 e. The third kappa shape index (κ3) is 3.29. The molecule has 132 valence electrons. The molecule has 2 aromatic heterocycles. The zero-order valence-corrected chi connectivity index (χ0v) is 15.4. The molecule has 0 fully saturated rings. The van der Waals surface area contributed by atoms with Crippen molar-refractivity contribution >= 4 is 49.2 Å². The molecule has 0 saturated carbocycles. The number of aromatic nitrogens is 3. The van der Waals surface area contributed by atoms with Crippen LogP contribution >= 0.6 is 15.9 Å². The molecule has 0 radical (unpaired) electrons. The molecular weight excluding hydrogens is 396 g/mol. The number of halogens is 1. The summed E-state index contributed by atoms with van der Waals surface area (Å²) in [4.78, 5) is 8.78. The van der Waals surface area contributed by atoms with Crippen LogP contribution < -0.4 is 5.32 Å². The van der Waals surface area contributed by atoms with Crippen LogP contribution in [0.4, 0.5) is 11.5 Å². The Hall–Kier alpha value is -2.48. The van der Waals surface area contributed by atoms with Crippen LogP contribution in [0.2, 0.25) is 0 Å². The van der Waals surface area contributed by atoms with Crippen molar-refractivity contribution in [3.63, 3.8) is 0 Å². The fourth-order valence-electron chi connectivity index (χ4n) is 2.99. The summed E-state index contributed by atoms with van der Waals surface area (Å²) < 4.78 is 2.90. The highest BCUT2D eigenvalue weighted by Crippen LogP contribution is 2.29. The van der Waals surface area contributed by atoms with Gasteiger partial charge in [0.25, 0.3) is 0 Å². The number of aliphatic hydroxyl groups excluding tert-OH is 2. The number of fused-ring (bicyclic) bond motifs is 2. The molecule has 1 atom stereocenters. The SMILES string of the molecule is OCC(O)Cn1ccc2cc3c(Nc4cccc(Br)c4)ncnc3cc21. The van der Waals surface area contributed by atoms with Crippen LogP contribution in [0.5, 0.6) is 0 Å². The van der Waals surface area contributed by atoms with Gasteiger partial charge < -0.3 is 20.1 Å². The Labute approximate surface area is 158 Å². The topological polar surface area (TPSA) is 83.2 Å². The van der Waals surface area contributed by atoms with E-state index in [9.17, 15) is 5.11 Å². The second-order valence-corrected chi connectivity index (χ2v) is 7.01. The first-order chi connectivity index (χ1) is 12.6. The number of hydrogen-bond acceptors (Lipinski definition) is 5. The summed E-state index contributed by atoms with van der Waals surface area (Å²) in [5.41, 5.74) is 2.70. The minimum atomic E-state index is -0.791. The molecule has 0 spiro atoms. The van der Waals surface area contributed by atoms with Crippen LogP contribution in [0.3, 0.4) is 0 Å². The molecule has 0 aliphatic carbocycles. The van der Waals surface area contributed by atoms with Gasteiger partial charge in [-0.2, -0.15) is 0 Å². The number of anilines is 2. The van der Waals surface area contributed by atoms with Crippen LogP contribution in [-0.4, -0.2) is 37.5 Å². The highest BCUT2D eigenvalue weighted by molar-refractivity contribution is 9.10. The molecule has 0 aliphatic rings. The predicted octanol–water partition coefficient (Wildman–Crippen LogP) is 3.44. The second kappa shape index (κ2) is 7.03. The Balaban J connectivity index is 1.77. The number of aliphatic hydroxyl groups is 2. The normalized spacial score (nSPS) is 12.6. The van der Waals surface area contributed by atoms with Gasteiger partial charge in [0.1, 0.15) is 12.1 Å². The van der Waals surface area contributed by atoms with Gasteiger partial charge in [0.15, 0.2) is 0 Å². The largest absolute Gasteiger partial charge is 0.394 e. The number of benzene rings is 2. The van der Waals surface area contributed by atoms with E-state index in [4.69, 9.17) is 5.11 Å². The van der Waals surface area contributed by atoms with Crippen molar-refractivity contribution < 1.29 is 10.2 Å².